The Kier molecular flexibility index (Phi) is 2.96. The van der Waals surface area contributed by atoms with Crippen LogP contribution in [0, 0.1) is 6.92 Å². The van der Waals surface area contributed by atoms with Crippen LogP contribution in [0.15, 0.2) is 30.5 Å². The van der Waals surface area contributed by atoms with E-state index in [1.165, 1.54) is 0 Å². The van der Waals surface area contributed by atoms with Crippen LogP contribution in [0.1, 0.15) is 40.9 Å². The number of nitrogens with one attached hydrogen (secondary N) is 2. The van der Waals surface area contributed by atoms with Crippen molar-refractivity contribution in [2.24, 2.45) is 0 Å². The summed E-state index contributed by atoms with van der Waals surface area (Å²) in [6.07, 6.45) is 3.72. The molecule has 22 heavy (non-hydrogen) atoms. The van der Waals surface area contributed by atoms with Gasteiger partial charge in [0, 0.05) is 23.8 Å². The van der Waals surface area contributed by atoms with E-state index in [0.717, 1.165) is 41.8 Å². The number of aromatic amines is 2. The number of nitrogens with zero attached hydrogens (tertiary/aromatic N) is 3. The molecule has 1 aliphatic heterocycles. The smallest absolute Gasteiger partial charge is 0.275 e. The van der Waals surface area contributed by atoms with Crippen LogP contribution < -0.4 is 0 Å². The third kappa shape index (κ3) is 1.99. The Morgan fingerprint density at radius 3 is 3.05 bits per heavy atom. The van der Waals surface area contributed by atoms with Gasteiger partial charge in [-0.15, -0.1) is 0 Å². The van der Waals surface area contributed by atoms with Gasteiger partial charge in [0.25, 0.3) is 5.91 Å². The largest absolute Gasteiger partial charge is 0.344 e. The molecule has 1 amide bonds. The maximum atomic E-state index is 12.9. The van der Waals surface area contributed by atoms with Crippen LogP contribution in [0.25, 0.3) is 10.9 Å². The molecule has 0 aliphatic carbocycles. The van der Waals surface area contributed by atoms with Crippen molar-refractivity contribution in [2.45, 2.75) is 25.8 Å². The fourth-order valence-corrected chi connectivity index (χ4v) is 3.16. The summed E-state index contributed by atoms with van der Waals surface area (Å²) in [6, 6.07) is 7.71. The highest BCUT2D eigenvalue weighted by Gasteiger charge is 2.34. The Hall–Kier alpha value is -2.63. The molecule has 0 bridgehead atoms. The number of aryl methyl sites for hydroxylation is 1. The number of benzene rings is 1. The van der Waals surface area contributed by atoms with Gasteiger partial charge in [0.1, 0.15) is 5.82 Å². The predicted molar refractivity (Wildman–Crippen MR) is 82.4 cm³/mol. The van der Waals surface area contributed by atoms with Crippen molar-refractivity contribution in [1.82, 2.24) is 25.1 Å². The lowest BCUT2D eigenvalue weighted by molar-refractivity contribution is 0.0726. The van der Waals surface area contributed by atoms with E-state index in [1.807, 2.05) is 36.1 Å². The molecular weight excluding hydrogens is 278 g/mol. The molecule has 0 unspecified atom stereocenters. The van der Waals surface area contributed by atoms with Crippen molar-refractivity contribution in [2.75, 3.05) is 6.54 Å². The number of hydrogen-bond acceptors (Lipinski definition) is 3. The molecule has 2 N–H and O–H groups in total. The van der Waals surface area contributed by atoms with Crippen molar-refractivity contribution in [3.05, 3.63) is 47.7 Å². The van der Waals surface area contributed by atoms with Crippen molar-refractivity contribution < 1.29 is 4.79 Å². The van der Waals surface area contributed by atoms with Gasteiger partial charge in [-0.2, -0.15) is 5.10 Å². The molecule has 1 aliphatic rings. The minimum atomic E-state index is -0.0333. The number of imidazole rings is 1. The van der Waals surface area contributed by atoms with Crippen molar-refractivity contribution in [3.8, 4) is 0 Å². The number of carbonyl (C=O) groups excluding carboxylic acids is 1. The van der Waals surface area contributed by atoms with Crippen LogP contribution in [0.5, 0.6) is 0 Å². The molecule has 0 saturated carbocycles. The molecule has 0 spiro atoms. The SMILES string of the molecule is Cc1cnc([C@H]2CCCN2C(=O)c2n[nH]c3ccccc23)[nH]1. The first-order valence-electron chi connectivity index (χ1n) is 7.49. The minimum absolute atomic E-state index is 0.0108. The third-order valence-corrected chi connectivity index (χ3v) is 4.22. The van der Waals surface area contributed by atoms with E-state index in [0.29, 0.717) is 5.69 Å². The molecule has 3 heterocycles. The summed E-state index contributed by atoms with van der Waals surface area (Å²) < 4.78 is 0. The van der Waals surface area contributed by atoms with E-state index in [4.69, 9.17) is 0 Å². The minimum Gasteiger partial charge on any atom is -0.344 e. The molecule has 1 fully saturated rings. The number of hydrogen-bond donors (Lipinski definition) is 2. The van der Waals surface area contributed by atoms with Gasteiger partial charge in [-0.1, -0.05) is 18.2 Å². The first-order chi connectivity index (χ1) is 10.7. The molecule has 112 valence electrons. The number of aromatic nitrogens is 4. The maximum absolute atomic E-state index is 12.9. The van der Waals surface area contributed by atoms with E-state index in [-0.39, 0.29) is 11.9 Å². The monoisotopic (exact) mass is 295 g/mol. The number of carbonyl (C=O) groups is 1. The van der Waals surface area contributed by atoms with Crippen LogP contribution in [0.2, 0.25) is 0 Å². The molecule has 1 atom stereocenters. The molecule has 6 heteroatoms. The number of likely N-dealkylation sites (tertiary alicyclic amines) is 1. The first kappa shape index (κ1) is 13.1. The average Bonchev–Trinajstić information content (AvgIpc) is 3.25. The zero-order valence-electron chi connectivity index (χ0n) is 12.3. The number of amides is 1. The van der Waals surface area contributed by atoms with E-state index >= 15 is 0 Å². The lowest BCUT2D eigenvalue weighted by Gasteiger charge is -2.22. The van der Waals surface area contributed by atoms with E-state index in [9.17, 15) is 4.79 Å². The highest BCUT2D eigenvalue weighted by molar-refractivity contribution is 6.04. The van der Waals surface area contributed by atoms with Gasteiger partial charge in [-0.3, -0.25) is 9.89 Å². The van der Waals surface area contributed by atoms with E-state index in [1.54, 1.807) is 6.20 Å². The van der Waals surface area contributed by atoms with Gasteiger partial charge in [0.2, 0.25) is 0 Å². The van der Waals surface area contributed by atoms with Crippen LogP contribution in [-0.4, -0.2) is 37.5 Å². The molecule has 1 aromatic carbocycles. The summed E-state index contributed by atoms with van der Waals surface area (Å²) >= 11 is 0. The Morgan fingerprint density at radius 1 is 1.36 bits per heavy atom. The lowest BCUT2D eigenvalue weighted by Crippen LogP contribution is -2.31. The Morgan fingerprint density at radius 2 is 2.23 bits per heavy atom. The summed E-state index contributed by atoms with van der Waals surface area (Å²) in [5.41, 5.74) is 2.39. The highest BCUT2D eigenvalue weighted by atomic mass is 16.2. The van der Waals surface area contributed by atoms with Gasteiger partial charge >= 0.3 is 0 Å². The Balaban J connectivity index is 1.69. The predicted octanol–water partition coefficient (Wildman–Crippen LogP) is 2.57. The fraction of sp³-hybridized carbons (Fsp3) is 0.312. The summed E-state index contributed by atoms with van der Waals surface area (Å²) in [7, 11) is 0. The zero-order chi connectivity index (χ0) is 15.1. The number of para-hydroxylation sites is 1. The van der Waals surface area contributed by atoms with Crippen molar-refractivity contribution >= 4 is 16.8 Å². The lowest BCUT2D eigenvalue weighted by atomic mass is 10.1. The van der Waals surface area contributed by atoms with Crippen LogP contribution >= 0.6 is 0 Å². The summed E-state index contributed by atoms with van der Waals surface area (Å²) in [5, 5.41) is 8.03. The molecule has 2 aromatic heterocycles. The van der Waals surface area contributed by atoms with Gasteiger partial charge in [0.05, 0.1) is 11.6 Å². The summed E-state index contributed by atoms with van der Waals surface area (Å²) in [6.45, 7) is 2.71. The van der Waals surface area contributed by atoms with Gasteiger partial charge in [0.15, 0.2) is 5.69 Å². The summed E-state index contributed by atoms with van der Waals surface area (Å²) in [5.74, 6) is 0.831. The third-order valence-electron chi connectivity index (χ3n) is 4.22. The van der Waals surface area contributed by atoms with Crippen molar-refractivity contribution in [1.29, 1.82) is 0 Å². The Bertz CT molecular complexity index is 834. The second-order valence-corrected chi connectivity index (χ2v) is 5.73. The molecule has 6 nitrogen and oxygen atoms in total. The van der Waals surface area contributed by atoms with Crippen LogP contribution in [-0.2, 0) is 0 Å². The normalized spacial score (nSPS) is 18.2. The fourth-order valence-electron chi connectivity index (χ4n) is 3.16. The van der Waals surface area contributed by atoms with Crippen LogP contribution in [0.4, 0.5) is 0 Å². The van der Waals surface area contributed by atoms with Crippen LogP contribution in [0.3, 0.4) is 0 Å². The highest BCUT2D eigenvalue weighted by Crippen LogP contribution is 2.32. The van der Waals surface area contributed by atoms with Gasteiger partial charge < -0.3 is 9.88 Å². The van der Waals surface area contributed by atoms with Crippen molar-refractivity contribution in [3.63, 3.8) is 0 Å². The Labute approximate surface area is 127 Å². The summed E-state index contributed by atoms with van der Waals surface area (Å²) in [4.78, 5) is 22.4. The second kappa shape index (κ2) is 4.98. The standard InChI is InChI=1S/C16H17N5O/c1-10-9-17-15(18-10)13-7-4-8-21(13)16(22)14-11-5-2-3-6-12(11)19-20-14/h2-3,5-6,9,13H,4,7-8H2,1H3,(H,17,18)(H,19,20)/t13-/m1/s1. The molecule has 1 saturated heterocycles. The first-order valence-corrected chi connectivity index (χ1v) is 7.49. The topological polar surface area (TPSA) is 77.7 Å². The van der Waals surface area contributed by atoms with Gasteiger partial charge in [-0.25, -0.2) is 4.98 Å². The average molecular weight is 295 g/mol. The van der Waals surface area contributed by atoms with E-state index in [2.05, 4.69) is 20.2 Å². The molecular formula is C16H17N5O. The maximum Gasteiger partial charge on any atom is 0.275 e. The quantitative estimate of drug-likeness (QED) is 0.762. The zero-order valence-corrected chi connectivity index (χ0v) is 12.3. The number of rotatable bonds is 2. The molecule has 3 aromatic rings. The number of fused-ring (bicyclic) bond motifs is 1. The molecule has 0 radical (unpaired) electrons. The van der Waals surface area contributed by atoms with E-state index < -0.39 is 0 Å². The second-order valence-electron chi connectivity index (χ2n) is 5.73. The van der Waals surface area contributed by atoms with Gasteiger partial charge in [-0.05, 0) is 25.8 Å². The molecule has 4 rings (SSSR count). The number of H-pyrrole nitrogens is 2.